The van der Waals surface area contributed by atoms with Gasteiger partial charge in [0.15, 0.2) is 0 Å². The number of carbonyl (C=O) groups is 1. The van der Waals surface area contributed by atoms with Gasteiger partial charge in [-0.2, -0.15) is 0 Å². The predicted molar refractivity (Wildman–Crippen MR) is 72.7 cm³/mol. The molecule has 0 aromatic heterocycles. The average molecular weight is 260 g/mol. The van der Waals surface area contributed by atoms with Gasteiger partial charge in [0.1, 0.15) is 17.9 Å². The van der Waals surface area contributed by atoms with Crippen LogP contribution in [-0.2, 0) is 9.47 Å². The van der Waals surface area contributed by atoms with Crippen LogP contribution >= 0.6 is 0 Å². The Morgan fingerprint density at radius 1 is 1.05 bits per heavy atom. The van der Waals surface area contributed by atoms with Crippen LogP contribution in [0.4, 0.5) is 0 Å². The van der Waals surface area contributed by atoms with E-state index in [1.54, 1.807) is 13.2 Å². The van der Waals surface area contributed by atoms with Crippen LogP contribution < -0.4 is 4.74 Å². The number of benzene rings is 2. The van der Waals surface area contributed by atoms with Gasteiger partial charge >= 0.3 is 5.97 Å². The summed E-state index contributed by atoms with van der Waals surface area (Å²) in [4.78, 5) is 11.8. The number of esters is 1. The van der Waals surface area contributed by atoms with Gasteiger partial charge in [-0.15, -0.1) is 0 Å². The Morgan fingerprint density at radius 3 is 2.58 bits per heavy atom. The van der Waals surface area contributed by atoms with E-state index < -0.39 is 5.97 Å². The van der Waals surface area contributed by atoms with Crippen LogP contribution in [0.5, 0.6) is 5.75 Å². The highest BCUT2D eigenvalue weighted by Gasteiger charge is 2.15. The summed E-state index contributed by atoms with van der Waals surface area (Å²) in [6.45, 7) is 0.846. The van der Waals surface area contributed by atoms with Crippen LogP contribution in [0.2, 0.25) is 0 Å². The lowest BCUT2D eigenvalue weighted by molar-refractivity contribution is 0.0594. The second kappa shape index (κ2) is 6.20. The minimum absolute atomic E-state index is 0.383. The van der Waals surface area contributed by atoms with Crippen LogP contribution in [0.3, 0.4) is 0 Å². The van der Waals surface area contributed by atoms with Crippen molar-refractivity contribution in [2.75, 3.05) is 27.4 Å². The van der Waals surface area contributed by atoms with Crippen molar-refractivity contribution < 1.29 is 19.0 Å². The van der Waals surface area contributed by atoms with Crippen molar-refractivity contribution in [3.63, 3.8) is 0 Å². The number of hydrogen-bond donors (Lipinski definition) is 0. The third-order valence-corrected chi connectivity index (χ3v) is 2.82. The van der Waals surface area contributed by atoms with Gasteiger partial charge < -0.3 is 14.2 Å². The fraction of sp³-hybridized carbons (Fsp3) is 0.267. The molecule has 2 aromatic rings. The molecular weight excluding hydrogens is 244 g/mol. The first kappa shape index (κ1) is 13.4. The summed E-state index contributed by atoms with van der Waals surface area (Å²) in [7, 11) is 2.96. The maximum Gasteiger partial charge on any atom is 0.341 e. The number of fused-ring (bicyclic) bond motifs is 1. The molecule has 0 saturated carbocycles. The highest BCUT2D eigenvalue weighted by Crippen LogP contribution is 2.30. The first-order valence-electron chi connectivity index (χ1n) is 5.99. The van der Waals surface area contributed by atoms with Crippen molar-refractivity contribution >= 4 is 16.7 Å². The smallest absolute Gasteiger partial charge is 0.341 e. The fourth-order valence-corrected chi connectivity index (χ4v) is 1.90. The van der Waals surface area contributed by atoms with E-state index in [1.807, 2.05) is 30.3 Å². The molecule has 0 fully saturated rings. The van der Waals surface area contributed by atoms with E-state index in [9.17, 15) is 4.79 Å². The summed E-state index contributed by atoms with van der Waals surface area (Å²) in [5.41, 5.74) is 0.428. The van der Waals surface area contributed by atoms with E-state index in [0.717, 1.165) is 10.8 Å². The first-order chi connectivity index (χ1) is 9.27. The Labute approximate surface area is 111 Å². The Bertz CT molecular complexity index is 577. The normalized spacial score (nSPS) is 10.4. The zero-order valence-corrected chi connectivity index (χ0v) is 11.0. The Kier molecular flexibility index (Phi) is 4.36. The highest BCUT2D eigenvalue weighted by molar-refractivity contribution is 6.01. The third-order valence-electron chi connectivity index (χ3n) is 2.82. The summed E-state index contributed by atoms with van der Waals surface area (Å²) in [6.07, 6.45) is 0. The molecule has 4 nitrogen and oxygen atoms in total. The SMILES string of the molecule is COCCOc1c(C(=O)OC)ccc2ccccc12. The second-order valence-corrected chi connectivity index (χ2v) is 4.00. The molecule has 0 unspecified atom stereocenters. The molecule has 0 aliphatic rings. The maximum absolute atomic E-state index is 11.8. The standard InChI is InChI=1S/C15H16O4/c1-17-9-10-19-14-12-6-4-3-5-11(12)7-8-13(14)15(16)18-2/h3-8H,9-10H2,1-2H3. The number of ether oxygens (including phenoxy) is 3. The molecule has 0 bridgehead atoms. The van der Waals surface area contributed by atoms with Crippen molar-refractivity contribution in [3.05, 3.63) is 42.0 Å². The van der Waals surface area contributed by atoms with Gasteiger partial charge in [0.25, 0.3) is 0 Å². The lowest BCUT2D eigenvalue weighted by Gasteiger charge is -2.13. The number of rotatable bonds is 5. The monoisotopic (exact) mass is 260 g/mol. The average Bonchev–Trinajstić information content (AvgIpc) is 2.46. The fourth-order valence-electron chi connectivity index (χ4n) is 1.90. The summed E-state index contributed by atoms with van der Waals surface area (Å²) < 4.78 is 15.4. The minimum Gasteiger partial charge on any atom is -0.490 e. The van der Waals surface area contributed by atoms with E-state index in [-0.39, 0.29) is 0 Å². The molecule has 0 aliphatic carbocycles. The van der Waals surface area contributed by atoms with E-state index >= 15 is 0 Å². The molecule has 100 valence electrons. The van der Waals surface area contributed by atoms with E-state index in [1.165, 1.54) is 7.11 Å². The molecule has 0 aliphatic heterocycles. The van der Waals surface area contributed by atoms with E-state index in [2.05, 4.69) is 0 Å². The molecule has 0 amide bonds. The van der Waals surface area contributed by atoms with Crippen LogP contribution in [0.25, 0.3) is 10.8 Å². The molecule has 0 N–H and O–H groups in total. The predicted octanol–water partition coefficient (Wildman–Crippen LogP) is 2.65. The molecule has 0 heterocycles. The number of carbonyl (C=O) groups excluding carboxylic acids is 1. The largest absolute Gasteiger partial charge is 0.490 e. The topological polar surface area (TPSA) is 44.8 Å². The van der Waals surface area contributed by atoms with Crippen molar-refractivity contribution in [2.24, 2.45) is 0 Å². The molecule has 0 spiro atoms. The summed E-state index contributed by atoms with van der Waals surface area (Å²) >= 11 is 0. The van der Waals surface area contributed by atoms with Gasteiger partial charge in [0, 0.05) is 12.5 Å². The Morgan fingerprint density at radius 2 is 1.84 bits per heavy atom. The van der Waals surface area contributed by atoms with Gasteiger partial charge in [-0.3, -0.25) is 0 Å². The van der Waals surface area contributed by atoms with Crippen molar-refractivity contribution in [1.82, 2.24) is 0 Å². The first-order valence-corrected chi connectivity index (χ1v) is 5.99. The summed E-state index contributed by atoms with van der Waals surface area (Å²) in [5.74, 6) is 0.139. The van der Waals surface area contributed by atoms with Gasteiger partial charge in [-0.25, -0.2) is 4.79 Å². The van der Waals surface area contributed by atoms with Crippen molar-refractivity contribution in [3.8, 4) is 5.75 Å². The van der Waals surface area contributed by atoms with Gasteiger partial charge in [-0.1, -0.05) is 30.3 Å². The van der Waals surface area contributed by atoms with Crippen LogP contribution in [0.15, 0.2) is 36.4 Å². The zero-order chi connectivity index (χ0) is 13.7. The Balaban J connectivity index is 2.48. The van der Waals surface area contributed by atoms with Crippen molar-refractivity contribution in [2.45, 2.75) is 0 Å². The van der Waals surface area contributed by atoms with Crippen LogP contribution in [0, 0.1) is 0 Å². The molecule has 0 atom stereocenters. The Hall–Kier alpha value is -2.07. The lowest BCUT2D eigenvalue weighted by Crippen LogP contribution is -2.10. The molecular formula is C15H16O4. The quantitative estimate of drug-likeness (QED) is 0.612. The lowest BCUT2D eigenvalue weighted by atomic mass is 10.1. The summed E-state index contributed by atoms with van der Waals surface area (Å²) in [6, 6.07) is 11.3. The molecule has 0 radical (unpaired) electrons. The second-order valence-electron chi connectivity index (χ2n) is 4.00. The van der Waals surface area contributed by atoms with Crippen LogP contribution in [0.1, 0.15) is 10.4 Å². The number of methoxy groups -OCH3 is 2. The van der Waals surface area contributed by atoms with E-state index in [0.29, 0.717) is 24.5 Å². The maximum atomic E-state index is 11.8. The zero-order valence-electron chi connectivity index (χ0n) is 11.0. The van der Waals surface area contributed by atoms with Gasteiger partial charge in [-0.05, 0) is 11.5 Å². The van der Waals surface area contributed by atoms with E-state index in [4.69, 9.17) is 14.2 Å². The third kappa shape index (κ3) is 2.85. The van der Waals surface area contributed by atoms with Gasteiger partial charge in [0.2, 0.25) is 0 Å². The molecule has 19 heavy (non-hydrogen) atoms. The molecule has 4 heteroatoms. The molecule has 2 aromatic carbocycles. The summed E-state index contributed by atoms with van der Waals surface area (Å²) in [5, 5.41) is 1.91. The van der Waals surface area contributed by atoms with Gasteiger partial charge in [0.05, 0.1) is 13.7 Å². The molecule has 0 saturated heterocycles. The van der Waals surface area contributed by atoms with Crippen LogP contribution in [-0.4, -0.2) is 33.4 Å². The molecule has 2 rings (SSSR count). The highest BCUT2D eigenvalue weighted by atomic mass is 16.5. The van der Waals surface area contributed by atoms with Crippen molar-refractivity contribution in [1.29, 1.82) is 0 Å². The minimum atomic E-state index is -0.404. The number of hydrogen-bond acceptors (Lipinski definition) is 4.